The van der Waals surface area contributed by atoms with Crippen LogP contribution in [-0.4, -0.2) is 40.3 Å². The molecule has 0 spiro atoms. The molecule has 1 aliphatic heterocycles. The van der Waals surface area contributed by atoms with Crippen LogP contribution >= 0.6 is 0 Å². The van der Waals surface area contributed by atoms with Gasteiger partial charge in [0.15, 0.2) is 0 Å². The SMILES string of the molecule is COCC(=O)N1N=C(c2ccc(F)cc2)C[C@@H]1c1ccc2nccnc2c1. The average Bonchev–Trinajstić information content (AvgIpc) is 3.14. The van der Waals surface area contributed by atoms with Crippen molar-refractivity contribution in [1.29, 1.82) is 0 Å². The van der Waals surface area contributed by atoms with Gasteiger partial charge in [0.1, 0.15) is 12.4 Å². The number of nitrogens with zero attached hydrogens (tertiary/aromatic N) is 4. The molecule has 2 aromatic carbocycles. The Morgan fingerprint density at radius 1 is 1.15 bits per heavy atom. The molecule has 0 fully saturated rings. The van der Waals surface area contributed by atoms with Crippen LogP contribution in [0.15, 0.2) is 60.0 Å². The molecular weight excluding hydrogens is 347 g/mol. The topological polar surface area (TPSA) is 67.7 Å². The summed E-state index contributed by atoms with van der Waals surface area (Å²) in [7, 11) is 1.47. The molecule has 0 saturated heterocycles. The summed E-state index contributed by atoms with van der Waals surface area (Å²) in [5, 5.41) is 5.95. The first-order valence-corrected chi connectivity index (χ1v) is 8.51. The zero-order valence-corrected chi connectivity index (χ0v) is 14.7. The van der Waals surface area contributed by atoms with E-state index in [0.29, 0.717) is 6.42 Å². The summed E-state index contributed by atoms with van der Waals surface area (Å²) in [5.74, 6) is -0.548. The molecule has 4 rings (SSSR count). The maximum absolute atomic E-state index is 13.2. The van der Waals surface area contributed by atoms with E-state index in [-0.39, 0.29) is 24.4 Å². The molecule has 6 nitrogen and oxygen atoms in total. The Hall–Kier alpha value is -3.19. The fourth-order valence-corrected chi connectivity index (χ4v) is 3.19. The Morgan fingerprint density at radius 3 is 2.63 bits per heavy atom. The number of amides is 1. The first-order valence-electron chi connectivity index (χ1n) is 8.51. The van der Waals surface area contributed by atoms with E-state index in [4.69, 9.17) is 4.74 Å². The van der Waals surface area contributed by atoms with Gasteiger partial charge in [-0.15, -0.1) is 0 Å². The average molecular weight is 364 g/mol. The zero-order chi connectivity index (χ0) is 18.8. The van der Waals surface area contributed by atoms with Crippen LogP contribution in [-0.2, 0) is 9.53 Å². The summed E-state index contributed by atoms with van der Waals surface area (Å²) in [5.41, 5.74) is 3.96. The van der Waals surface area contributed by atoms with Gasteiger partial charge in [0, 0.05) is 25.9 Å². The summed E-state index contributed by atoms with van der Waals surface area (Å²) in [6, 6.07) is 11.6. The van der Waals surface area contributed by atoms with Crippen LogP contribution in [0.25, 0.3) is 11.0 Å². The molecule has 27 heavy (non-hydrogen) atoms. The lowest BCUT2D eigenvalue weighted by atomic mass is 9.98. The van der Waals surface area contributed by atoms with E-state index in [1.165, 1.54) is 24.3 Å². The Bertz CT molecular complexity index is 1020. The molecule has 0 unspecified atom stereocenters. The molecule has 0 bridgehead atoms. The van der Waals surface area contributed by atoms with Gasteiger partial charge in [0.25, 0.3) is 5.91 Å². The minimum atomic E-state index is -0.311. The molecular formula is C20H17FN4O2. The number of hydrogen-bond donors (Lipinski definition) is 0. The summed E-state index contributed by atoms with van der Waals surface area (Å²) >= 11 is 0. The monoisotopic (exact) mass is 364 g/mol. The van der Waals surface area contributed by atoms with Crippen LogP contribution in [0.1, 0.15) is 23.6 Å². The molecule has 1 aromatic heterocycles. The lowest BCUT2D eigenvalue weighted by Crippen LogP contribution is -2.30. The highest BCUT2D eigenvalue weighted by Crippen LogP contribution is 2.33. The Kier molecular flexibility index (Phi) is 4.60. The molecule has 136 valence electrons. The third-order valence-electron chi connectivity index (χ3n) is 4.49. The summed E-state index contributed by atoms with van der Waals surface area (Å²) in [6.07, 6.45) is 3.80. The van der Waals surface area contributed by atoms with Crippen molar-refractivity contribution in [2.24, 2.45) is 5.10 Å². The number of carbonyl (C=O) groups is 1. The predicted octanol–water partition coefficient (Wildman–Crippen LogP) is 3.09. The van der Waals surface area contributed by atoms with Crippen molar-refractivity contribution in [2.75, 3.05) is 13.7 Å². The molecule has 7 heteroatoms. The first-order chi connectivity index (χ1) is 13.2. The summed E-state index contributed by atoms with van der Waals surface area (Å²) in [4.78, 5) is 21.1. The molecule has 0 N–H and O–H groups in total. The van der Waals surface area contributed by atoms with Gasteiger partial charge in [-0.3, -0.25) is 14.8 Å². The molecule has 3 aromatic rings. The normalized spacial score (nSPS) is 16.6. The van der Waals surface area contributed by atoms with Crippen LogP contribution in [0.2, 0.25) is 0 Å². The van der Waals surface area contributed by atoms with Crippen molar-refractivity contribution >= 4 is 22.7 Å². The van der Waals surface area contributed by atoms with E-state index >= 15 is 0 Å². The Labute approximate surface area is 155 Å². The second-order valence-electron chi connectivity index (χ2n) is 6.25. The quantitative estimate of drug-likeness (QED) is 0.713. The van der Waals surface area contributed by atoms with Gasteiger partial charge in [-0.1, -0.05) is 18.2 Å². The standard InChI is InChI=1S/C20H17FN4O2/c1-27-12-20(26)25-19(11-17(24-25)13-2-5-15(21)6-3-13)14-4-7-16-18(10-14)23-9-8-22-16/h2-10,19H,11-12H2,1H3/t19-/m1/s1. The van der Waals surface area contributed by atoms with Gasteiger partial charge in [-0.05, 0) is 35.4 Å². The largest absolute Gasteiger partial charge is 0.375 e. The van der Waals surface area contributed by atoms with Gasteiger partial charge >= 0.3 is 0 Å². The number of benzene rings is 2. The van der Waals surface area contributed by atoms with Crippen molar-refractivity contribution in [1.82, 2.24) is 15.0 Å². The molecule has 0 radical (unpaired) electrons. The maximum Gasteiger partial charge on any atom is 0.269 e. The van der Waals surface area contributed by atoms with Crippen molar-refractivity contribution in [2.45, 2.75) is 12.5 Å². The number of hydrazone groups is 1. The van der Waals surface area contributed by atoms with E-state index in [9.17, 15) is 9.18 Å². The van der Waals surface area contributed by atoms with E-state index in [1.807, 2.05) is 18.2 Å². The number of halogens is 1. The molecule has 1 amide bonds. The minimum absolute atomic E-state index is 0.0654. The second kappa shape index (κ2) is 7.20. The number of aromatic nitrogens is 2. The Balaban J connectivity index is 1.71. The van der Waals surface area contributed by atoms with Crippen molar-refractivity contribution < 1.29 is 13.9 Å². The second-order valence-corrected chi connectivity index (χ2v) is 6.25. The number of carbonyl (C=O) groups excluding carboxylic acids is 1. The van der Waals surface area contributed by atoms with Gasteiger partial charge < -0.3 is 4.74 Å². The maximum atomic E-state index is 13.2. The highest BCUT2D eigenvalue weighted by atomic mass is 19.1. The van der Waals surface area contributed by atoms with Crippen LogP contribution in [0.3, 0.4) is 0 Å². The first kappa shape index (κ1) is 17.2. The van der Waals surface area contributed by atoms with Gasteiger partial charge in [0.05, 0.1) is 22.8 Å². The summed E-state index contributed by atoms with van der Waals surface area (Å²) in [6.45, 7) is -0.0654. The van der Waals surface area contributed by atoms with Crippen molar-refractivity contribution in [3.63, 3.8) is 0 Å². The van der Waals surface area contributed by atoms with Gasteiger partial charge in [-0.2, -0.15) is 5.10 Å². The van der Waals surface area contributed by atoms with Crippen LogP contribution < -0.4 is 0 Å². The van der Waals surface area contributed by atoms with E-state index in [1.54, 1.807) is 24.5 Å². The molecule has 0 saturated carbocycles. The third kappa shape index (κ3) is 3.41. The lowest BCUT2D eigenvalue weighted by molar-refractivity contribution is -0.137. The van der Waals surface area contributed by atoms with E-state index in [2.05, 4.69) is 15.1 Å². The number of hydrogen-bond acceptors (Lipinski definition) is 5. The summed E-state index contributed by atoms with van der Waals surface area (Å²) < 4.78 is 18.2. The number of rotatable bonds is 4. The van der Waals surface area contributed by atoms with Crippen LogP contribution in [0.5, 0.6) is 0 Å². The van der Waals surface area contributed by atoms with E-state index < -0.39 is 0 Å². The molecule has 1 atom stereocenters. The molecule has 1 aliphatic rings. The van der Waals surface area contributed by atoms with Crippen molar-refractivity contribution in [3.8, 4) is 0 Å². The highest BCUT2D eigenvalue weighted by Gasteiger charge is 2.33. The van der Waals surface area contributed by atoms with Gasteiger partial charge in [-0.25, -0.2) is 9.40 Å². The fourth-order valence-electron chi connectivity index (χ4n) is 3.19. The fraction of sp³-hybridized carbons (Fsp3) is 0.200. The molecule has 0 aliphatic carbocycles. The van der Waals surface area contributed by atoms with Crippen LogP contribution in [0, 0.1) is 5.82 Å². The van der Waals surface area contributed by atoms with E-state index in [0.717, 1.165) is 27.9 Å². The number of fused-ring (bicyclic) bond motifs is 1. The highest BCUT2D eigenvalue weighted by molar-refractivity contribution is 6.03. The van der Waals surface area contributed by atoms with Crippen molar-refractivity contribution in [3.05, 3.63) is 71.8 Å². The molecule has 2 heterocycles. The predicted molar refractivity (Wildman–Crippen MR) is 98.6 cm³/mol. The van der Waals surface area contributed by atoms with Gasteiger partial charge in [0.2, 0.25) is 0 Å². The minimum Gasteiger partial charge on any atom is -0.375 e. The lowest BCUT2D eigenvalue weighted by Gasteiger charge is -2.21. The third-order valence-corrected chi connectivity index (χ3v) is 4.49. The number of methoxy groups -OCH3 is 1. The zero-order valence-electron chi connectivity index (χ0n) is 14.7. The van der Waals surface area contributed by atoms with Crippen LogP contribution in [0.4, 0.5) is 4.39 Å². The Morgan fingerprint density at radius 2 is 1.89 bits per heavy atom. The smallest absolute Gasteiger partial charge is 0.269 e. The number of ether oxygens (including phenoxy) is 1.